The van der Waals surface area contributed by atoms with Gasteiger partial charge in [0, 0.05) is 6.04 Å². The Hall–Kier alpha value is -0.120. The molecule has 84 valence electrons. The van der Waals surface area contributed by atoms with Gasteiger partial charge in [-0.3, -0.25) is 0 Å². The van der Waals surface area contributed by atoms with Crippen molar-refractivity contribution in [3.05, 3.63) is 0 Å². The van der Waals surface area contributed by atoms with E-state index in [4.69, 9.17) is 10.5 Å². The Morgan fingerprint density at radius 2 is 2.00 bits per heavy atom. The molecule has 3 heteroatoms. The highest BCUT2D eigenvalue weighted by Crippen LogP contribution is 2.23. The molecule has 1 fully saturated rings. The van der Waals surface area contributed by atoms with Crippen molar-refractivity contribution >= 4 is 0 Å². The third-order valence-electron chi connectivity index (χ3n) is 3.33. The van der Waals surface area contributed by atoms with Crippen LogP contribution < -0.4 is 5.73 Å². The van der Waals surface area contributed by atoms with E-state index < -0.39 is 5.60 Å². The maximum absolute atomic E-state index is 10.00. The van der Waals surface area contributed by atoms with E-state index in [1.54, 1.807) is 0 Å². The van der Waals surface area contributed by atoms with E-state index in [1.165, 1.54) is 0 Å². The van der Waals surface area contributed by atoms with E-state index >= 15 is 0 Å². The molecule has 0 spiro atoms. The summed E-state index contributed by atoms with van der Waals surface area (Å²) in [5, 5.41) is 10.00. The van der Waals surface area contributed by atoms with Gasteiger partial charge in [0.1, 0.15) is 0 Å². The third kappa shape index (κ3) is 3.23. The highest BCUT2D eigenvalue weighted by atomic mass is 16.5. The summed E-state index contributed by atoms with van der Waals surface area (Å²) in [7, 11) is 0. The quantitative estimate of drug-likeness (QED) is 0.707. The molecule has 1 rings (SSSR count). The summed E-state index contributed by atoms with van der Waals surface area (Å²) in [6.45, 7) is 4.44. The van der Waals surface area contributed by atoms with Crippen LogP contribution in [0.3, 0.4) is 0 Å². The fraction of sp³-hybridized carbons (Fsp3) is 1.00. The van der Waals surface area contributed by atoms with Crippen molar-refractivity contribution in [2.45, 2.75) is 63.7 Å². The number of rotatable bonds is 5. The molecule has 3 nitrogen and oxygen atoms in total. The Balaban J connectivity index is 2.25. The molecule has 1 saturated carbocycles. The maximum Gasteiger partial charge on any atom is 0.0875 e. The van der Waals surface area contributed by atoms with Crippen molar-refractivity contribution in [3.8, 4) is 0 Å². The predicted molar refractivity (Wildman–Crippen MR) is 57.1 cm³/mol. The minimum absolute atomic E-state index is 0.273. The summed E-state index contributed by atoms with van der Waals surface area (Å²) in [5.74, 6) is 0. The van der Waals surface area contributed by atoms with Gasteiger partial charge in [0.25, 0.3) is 0 Å². The molecular weight excluding hydrogens is 178 g/mol. The number of nitrogens with two attached hydrogens (primary N) is 1. The molecule has 1 aliphatic carbocycles. The van der Waals surface area contributed by atoms with E-state index in [1.807, 2.05) is 13.8 Å². The van der Waals surface area contributed by atoms with E-state index in [0.29, 0.717) is 12.6 Å². The van der Waals surface area contributed by atoms with Crippen LogP contribution in [0.4, 0.5) is 0 Å². The van der Waals surface area contributed by atoms with Crippen molar-refractivity contribution in [3.63, 3.8) is 0 Å². The van der Waals surface area contributed by atoms with E-state index in [0.717, 1.165) is 32.1 Å². The van der Waals surface area contributed by atoms with Crippen LogP contribution in [0.2, 0.25) is 0 Å². The Morgan fingerprint density at radius 1 is 1.36 bits per heavy atom. The minimum atomic E-state index is -0.632. The Labute approximate surface area is 86.6 Å². The largest absolute Gasteiger partial charge is 0.388 e. The second-order valence-electron chi connectivity index (χ2n) is 4.44. The van der Waals surface area contributed by atoms with Gasteiger partial charge in [0.15, 0.2) is 0 Å². The molecule has 3 N–H and O–H groups in total. The van der Waals surface area contributed by atoms with Gasteiger partial charge < -0.3 is 15.6 Å². The van der Waals surface area contributed by atoms with Gasteiger partial charge in [-0.15, -0.1) is 0 Å². The zero-order chi connectivity index (χ0) is 10.6. The lowest BCUT2D eigenvalue weighted by Crippen LogP contribution is -2.34. The zero-order valence-electron chi connectivity index (χ0n) is 9.33. The molecule has 2 atom stereocenters. The Morgan fingerprint density at radius 3 is 2.43 bits per heavy atom. The lowest BCUT2D eigenvalue weighted by molar-refractivity contribution is -0.0752. The summed E-state index contributed by atoms with van der Waals surface area (Å²) >= 11 is 0. The van der Waals surface area contributed by atoms with Gasteiger partial charge in [0.05, 0.1) is 18.3 Å². The van der Waals surface area contributed by atoms with Crippen LogP contribution in [-0.2, 0) is 4.74 Å². The van der Waals surface area contributed by atoms with Crippen LogP contribution in [0.15, 0.2) is 0 Å². The van der Waals surface area contributed by atoms with Crippen LogP contribution >= 0.6 is 0 Å². The summed E-state index contributed by atoms with van der Waals surface area (Å²) in [5.41, 5.74) is 5.15. The van der Waals surface area contributed by atoms with Crippen LogP contribution in [0, 0.1) is 0 Å². The van der Waals surface area contributed by atoms with Crippen LogP contribution in [-0.4, -0.2) is 29.5 Å². The van der Waals surface area contributed by atoms with E-state index in [-0.39, 0.29) is 6.10 Å². The molecule has 0 heterocycles. The van der Waals surface area contributed by atoms with Gasteiger partial charge in [-0.2, -0.15) is 0 Å². The summed E-state index contributed by atoms with van der Waals surface area (Å²) in [4.78, 5) is 0. The van der Waals surface area contributed by atoms with Gasteiger partial charge in [-0.25, -0.2) is 0 Å². The highest BCUT2D eigenvalue weighted by Gasteiger charge is 2.27. The maximum atomic E-state index is 10.00. The normalized spacial score (nSPS) is 28.3. The molecule has 2 unspecified atom stereocenters. The van der Waals surface area contributed by atoms with Gasteiger partial charge in [-0.1, -0.05) is 13.8 Å². The molecule has 0 amide bonds. The summed E-state index contributed by atoms with van der Waals surface area (Å²) in [6.07, 6.45) is 4.83. The molecule has 0 aromatic carbocycles. The third-order valence-corrected chi connectivity index (χ3v) is 3.33. The molecule has 1 aliphatic rings. The minimum Gasteiger partial charge on any atom is -0.388 e. The average Bonchev–Trinajstić information content (AvgIpc) is 2.61. The molecule has 0 bridgehead atoms. The monoisotopic (exact) mass is 201 g/mol. The molecule has 0 aromatic heterocycles. The van der Waals surface area contributed by atoms with Crippen molar-refractivity contribution in [1.29, 1.82) is 0 Å². The van der Waals surface area contributed by atoms with Crippen molar-refractivity contribution < 1.29 is 9.84 Å². The molecule has 0 aliphatic heterocycles. The Kier molecular flexibility index (Phi) is 4.35. The van der Waals surface area contributed by atoms with E-state index in [9.17, 15) is 5.11 Å². The lowest BCUT2D eigenvalue weighted by Gasteiger charge is -2.26. The number of aliphatic hydroxyl groups is 1. The van der Waals surface area contributed by atoms with Crippen LogP contribution in [0.5, 0.6) is 0 Å². The second kappa shape index (κ2) is 5.10. The Bertz CT molecular complexity index is 169. The number of hydrogen-bond donors (Lipinski definition) is 2. The van der Waals surface area contributed by atoms with Crippen LogP contribution in [0.25, 0.3) is 0 Å². The summed E-state index contributed by atoms with van der Waals surface area (Å²) < 4.78 is 5.69. The molecular formula is C11H23NO2. The van der Waals surface area contributed by atoms with Crippen molar-refractivity contribution in [2.75, 3.05) is 6.61 Å². The highest BCUT2D eigenvalue weighted by molar-refractivity contribution is 4.80. The van der Waals surface area contributed by atoms with Gasteiger partial charge >= 0.3 is 0 Å². The topological polar surface area (TPSA) is 55.5 Å². The summed E-state index contributed by atoms with van der Waals surface area (Å²) in [6, 6.07) is 0.302. The molecule has 0 aromatic rings. The first-order valence-corrected chi connectivity index (χ1v) is 5.69. The smallest absolute Gasteiger partial charge is 0.0875 e. The lowest BCUT2D eigenvalue weighted by atomic mass is 9.99. The number of hydrogen-bond acceptors (Lipinski definition) is 3. The average molecular weight is 201 g/mol. The van der Waals surface area contributed by atoms with Gasteiger partial charge in [-0.05, 0) is 32.1 Å². The fourth-order valence-corrected chi connectivity index (χ4v) is 1.85. The molecule has 0 radical (unpaired) electrons. The first kappa shape index (κ1) is 12.0. The number of ether oxygens (including phenoxy) is 1. The zero-order valence-corrected chi connectivity index (χ0v) is 9.33. The van der Waals surface area contributed by atoms with E-state index in [2.05, 4.69) is 0 Å². The molecule has 0 saturated heterocycles. The first-order chi connectivity index (χ1) is 6.59. The van der Waals surface area contributed by atoms with Gasteiger partial charge in [0.2, 0.25) is 0 Å². The van der Waals surface area contributed by atoms with Crippen molar-refractivity contribution in [2.24, 2.45) is 5.73 Å². The first-order valence-electron chi connectivity index (χ1n) is 5.69. The second-order valence-corrected chi connectivity index (χ2v) is 4.44. The standard InChI is InChI=1S/C11H23NO2/c1-3-11(13,4-2)8-14-10-6-5-9(12)7-10/h9-10,13H,3-8,12H2,1-2H3. The predicted octanol–water partition coefficient (Wildman–Crippen LogP) is 1.43. The molecule has 14 heavy (non-hydrogen) atoms. The SMILES string of the molecule is CCC(O)(CC)COC1CCC(N)C1. The van der Waals surface area contributed by atoms with Crippen molar-refractivity contribution in [1.82, 2.24) is 0 Å². The fourth-order valence-electron chi connectivity index (χ4n) is 1.85. The van der Waals surface area contributed by atoms with Crippen LogP contribution in [0.1, 0.15) is 46.0 Å².